The van der Waals surface area contributed by atoms with Crippen LogP contribution >= 0.6 is 15.9 Å². The third-order valence-electron chi connectivity index (χ3n) is 7.07. The van der Waals surface area contributed by atoms with Gasteiger partial charge in [0.2, 0.25) is 0 Å². The van der Waals surface area contributed by atoms with E-state index >= 15 is 0 Å². The number of carbonyl (C=O) groups is 1. The summed E-state index contributed by atoms with van der Waals surface area (Å²) in [7, 11) is 0. The van der Waals surface area contributed by atoms with Crippen LogP contribution in [0.1, 0.15) is 22.0 Å². The summed E-state index contributed by atoms with van der Waals surface area (Å²) < 4.78 is 2.85. The zero-order chi connectivity index (χ0) is 25.3. The molecule has 7 rings (SSSR count). The van der Waals surface area contributed by atoms with Gasteiger partial charge < -0.3 is 24.5 Å². The van der Waals surface area contributed by atoms with Gasteiger partial charge in [-0.05, 0) is 35.2 Å². The van der Waals surface area contributed by atoms with Crippen molar-refractivity contribution in [1.82, 2.24) is 24.5 Å². The number of anilines is 1. The first-order valence-electron chi connectivity index (χ1n) is 11.8. The molecule has 9 nitrogen and oxygen atoms in total. The van der Waals surface area contributed by atoms with Crippen molar-refractivity contribution in [3.8, 4) is 5.75 Å². The van der Waals surface area contributed by atoms with Crippen molar-refractivity contribution in [3.63, 3.8) is 0 Å². The molecular formula is C27H20BrN7O2. The first-order valence-corrected chi connectivity index (χ1v) is 12.5. The number of rotatable bonds is 3. The Balaban J connectivity index is 1.37. The highest BCUT2D eigenvalue weighted by molar-refractivity contribution is 9.10. The van der Waals surface area contributed by atoms with Crippen LogP contribution in [-0.4, -0.2) is 42.1 Å². The summed E-state index contributed by atoms with van der Waals surface area (Å²) >= 11 is 3.49. The highest BCUT2D eigenvalue weighted by atomic mass is 79.9. The SMILES string of the molecule is N=c1ncn(C[C@@H]2CN(C(=O)c3cc4cc(Br)ccc4[nH]3)c3cc(O)c4ccccc4c32)c2nc[nH]c12. The minimum absolute atomic E-state index is 0.0914. The highest BCUT2D eigenvalue weighted by Gasteiger charge is 2.36. The Bertz CT molecular complexity index is 1940. The van der Waals surface area contributed by atoms with Gasteiger partial charge in [0, 0.05) is 45.8 Å². The standard InChI is InChI=1S/C27H20BrN7O2/c28-16-5-6-19-14(7-16)8-20(33-19)27(37)35-11-15(10-34-13-32-25(29)24-26(34)31-12-30-24)23-18-4-2-1-3-17(18)22(36)9-21(23)35/h1-9,12-13,15,29,33,36H,10-11H2,(H,30,31)/t15-/m1/s1. The molecule has 10 heteroatoms. The second-order valence-corrected chi connectivity index (χ2v) is 10.2. The Kier molecular flexibility index (Phi) is 4.74. The maximum atomic E-state index is 13.9. The number of phenols is 1. The summed E-state index contributed by atoms with van der Waals surface area (Å²) in [6, 6.07) is 17.1. The molecule has 1 aliphatic heterocycles. The number of hydrogen-bond acceptors (Lipinski definition) is 5. The molecule has 0 fully saturated rings. The van der Waals surface area contributed by atoms with Crippen LogP contribution in [0, 0.1) is 5.41 Å². The second kappa shape index (κ2) is 8.04. The van der Waals surface area contributed by atoms with E-state index in [-0.39, 0.29) is 23.1 Å². The average Bonchev–Trinajstić information content (AvgIpc) is 3.63. The zero-order valence-corrected chi connectivity index (χ0v) is 21.0. The largest absolute Gasteiger partial charge is 0.507 e. The lowest BCUT2D eigenvalue weighted by atomic mass is 9.94. The third kappa shape index (κ3) is 3.36. The number of nitrogens with zero attached hydrogens (tertiary/aromatic N) is 4. The van der Waals surface area contributed by atoms with Crippen LogP contribution in [0.25, 0.3) is 32.8 Å². The van der Waals surface area contributed by atoms with Gasteiger partial charge in [-0.2, -0.15) is 0 Å². The molecule has 0 radical (unpaired) electrons. The van der Waals surface area contributed by atoms with Crippen LogP contribution < -0.4 is 10.4 Å². The van der Waals surface area contributed by atoms with Crippen molar-refractivity contribution in [2.24, 2.45) is 0 Å². The highest BCUT2D eigenvalue weighted by Crippen LogP contribution is 2.46. The third-order valence-corrected chi connectivity index (χ3v) is 7.57. The maximum Gasteiger partial charge on any atom is 0.274 e. The number of phenolic OH excluding ortho intramolecular Hbond substituents is 1. The summed E-state index contributed by atoms with van der Waals surface area (Å²) in [5.74, 6) is -0.123. The molecule has 0 bridgehead atoms. The molecule has 6 aromatic rings. The normalized spacial score (nSPS) is 15.2. The van der Waals surface area contributed by atoms with Crippen molar-refractivity contribution in [3.05, 3.63) is 88.5 Å². The molecule has 0 saturated carbocycles. The minimum atomic E-state index is -0.166. The number of halogens is 1. The van der Waals surface area contributed by atoms with Gasteiger partial charge in [-0.1, -0.05) is 40.2 Å². The van der Waals surface area contributed by atoms with Crippen molar-refractivity contribution in [1.29, 1.82) is 5.41 Å². The first-order chi connectivity index (χ1) is 18.0. The predicted molar refractivity (Wildman–Crippen MR) is 144 cm³/mol. The van der Waals surface area contributed by atoms with Gasteiger partial charge in [0.1, 0.15) is 17.0 Å². The molecule has 37 heavy (non-hydrogen) atoms. The number of nitrogens with one attached hydrogen (secondary N) is 3. The number of aromatic hydroxyl groups is 1. The molecule has 1 aliphatic rings. The average molecular weight is 554 g/mol. The van der Waals surface area contributed by atoms with Gasteiger partial charge in [0.25, 0.3) is 5.91 Å². The van der Waals surface area contributed by atoms with E-state index in [0.29, 0.717) is 35.6 Å². The second-order valence-electron chi connectivity index (χ2n) is 9.25. The van der Waals surface area contributed by atoms with Gasteiger partial charge in [0.05, 0.1) is 18.3 Å². The number of H-pyrrole nitrogens is 2. The Labute approximate surface area is 218 Å². The Morgan fingerprint density at radius 1 is 1.14 bits per heavy atom. The number of aromatic amines is 2. The summed E-state index contributed by atoms with van der Waals surface area (Å²) in [4.78, 5) is 30.5. The molecular weight excluding hydrogens is 534 g/mol. The van der Waals surface area contributed by atoms with Crippen molar-refractivity contribution in [2.75, 3.05) is 11.4 Å². The van der Waals surface area contributed by atoms with Crippen LogP contribution in [0.4, 0.5) is 5.69 Å². The number of imidazole rings is 1. The molecule has 1 amide bonds. The molecule has 4 N–H and O–H groups in total. The van der Waals surface area contributed by atoms with Crippen LogP contribution in [0.15, 0.2) is 71.7 Å². The number of hydrogen-bond donors (Lipinski definition) is 4. The number of benzene rings is 3. The molecule has 0 unspecified atom stereocenters. The molecule has 0 spiro atoms. The number of aromatic nitrogens is 5. The van der Waals surface area contributed by atoms with Gasteiger partial charge in [-0.3, -0.25) is 10.2 Å². The molecule has 182 valence electrons. The van der Waals surface area contributed by atoms with Crippen LogP contribution in [0.2, 0.25) is 0 Å². The summed E-state index contributed by atoms with van der Waals surface area (Å²) in [6.45, 7) is 0.919. The molecule has 0 aliphatic carbocycles. The van der Waals surface area contributed by atoms with E-state index in [2.05, 4.69) is 35.9 Å². The maximum absolute atomic E-state index is 13.9. The fraction of sp³-hybridized carbons (Fsp3) is 0.111. The fourth-order valence-corrected chi connectivity index (χ4v) is 5.81. The lowest BCUT2D eigenvalue weighted by Gasteiger charge is -2.18. The minimum Gasteiger partial charge on any atom is -0.507 e. The number of fused-ring (bicyclic) bond motifs is 5. The van der Waals surface area contributed by atoms with Gasteiger partial charge >= 0.3 is 0 Å². The van der Waals surface area contributed by atoms with Crippen molar-refractivity contribution < 1.29 is 9.90 Å². The Hall–Kier alpha value is -4.44. The van der Waals surface area contributed by atoms with Crippen LogP contribution in [0.5, 0.6) is 5.75 Å². The zero-order valence-electron chi connectivity index (χ0n) is 19.4. The van der Waals surface area contributed by atoms with Crippen LogP contribution in [0.3, 0.4) is 0 Å². The fourth-order valence-electron chi connectivity index (χ4n) is 5.43. The number of amides is 1. The van der Waals surface area contributed by atoms with E-state index in [0.717, 1.165) is 31.7 Å². The summed E-state index contributed by atoms with van der Waals surface area (Å²) in [5.41, 5.74) is 4.37. The van der Waals surface area contributed by atoms with E-state index in [4.69, 9.17) is 5.41 Å². The lowest BCUT2D eigenvalue weighted by Crippen LogP contribution is -2.31. The predicted octanol–water partition coefficient (Wildman–Crippen LogP) is 4.79. The number of carbonyl (C=O) groups excluding carboxylic acids is 1. The van der Waals surface area contributed by atoms with E-state index < -0.39 is 0 Å². The van der Waals surface area contributed by atoms with Gasteiger partial charge in [0.15, 0.2) is 11.1 Å². The van der Waals surface area contributed by atoms with E-state index in [9.17, 15) is 9.90 Å². The smallest absolute Gasteiger partial charge is 0.274 e. The van der Waals surface area contributed by atoms with E-state index in [1.54, 1.807) is 23.6 Å². The summed E-state index contributed by atoms with van der Waals surface area (Å²) in [5, 5.41) is 21.5. The monoisotopic (exact) mass is 553 g/mol. The Morgan fingerprint density at radius 3 is 2.84 bits per heavy atom. The molecule has 4 heterocycles. The molecule has 1 atom stereocenters. The Morgan fingerprint density at radius 2 is 1.97 bits per heavy atom. The van der Waals surface area contributed by atoms with E-state index in [1.807, 2.05) is 53.1 Å². The van der Waals surface area contributed by atoms with E-state index in [1.165, 1.54) is 0 Å². The van der Waals surface area contributed by atoms with Crippen LogP contribution in [-0.2, 0) is 6.54 Å². The quantitative estimate of drug-likeness (QED) is 0.251. The summed E-state index contributed by atoms with van der Waals surface area (Å²) in [6.07, 6.45) is 3.18. The van der Waals surface area contributed by atoms with Gasteiger partial charge in [-0.15, -0.1) is 0 Å². The lowest BCUT2D eigenvalue weighted by molar-refractivity contribution is 0.0984. The molecule has 0 saturated heterocycles. The molecule has 3 aromatic heterocycles. The van der Waals surface area contributed by atoms with Crippen molar-refractivity contribution >= 4 is 60.4 Å². The topological polar surface area (TPSA) is 127 Å². The first kappa shape index (κ1) is 21.8. The molecule has 3 aromatic carbocycles. The van der Waals surface area contributed by atoms with Crippen molar-refractivity contribution in [2.45, 2.75) is 12.5 Å². The van der Waals surface area contributed by atoms with Gasteiger partial charge in [-0.25, -0.2) is 9.97 Å².